The molecule has 10 aromatic heterocycles. The second-order valence-electron chi connectivity index (χ2n) is 38.1. The molecule has 33 nitrogen and oxygen atoms in total. The van der Waals surface area contributed by atoms with Gasteiger partial charge in [0.1, 0.15) is 55.1 Å². The summed E-state index contributed by atoms with van der Waals surface area (Å²) in [6.07, 6.45) is 26.3. The number of carboxylic acids is 1. The molecule has 150 heavy (non-hydrogen) atoms. The van der Waals surface area contributed by atoms with Gasteiger partial charge in [0.2, 0.25) is 17.7 Å². The van der Waals surface area contributed by atoms with Gasteiger partial charge in [-0.15, -0.1) is 12.4 Å². The molecule has 19 rings (SSSR count). The molecule has 0 radical (unpaired) electrons. The van der Waals surface area contributed by atoms with Gasteiger partial charge in [-0.25, -0.2) is 9.97 Å². The SMILES string of the molecule is Brc1cccnc1.CC(C)(C)OC(=O)Cn1cc(C(N)=O)c2cc(-c3cccnc3)ccc21.CC(C)(C)OC(=O)Cn1cc(C(N)=O)c2cc(B3OC(C)(C)C(C)(C)O3)ccc21.Cc1cccc(NC(=O)[C@@H]2C3CCC(C3)N2C(=O)Cn2cc(C(N)=O)c3cc(-c4cccnc4)ccc32)n1.Cc1cccc(NC(=O)[C@H]2NC3CCC2C3)n1.Cl.NC(=O)c1cn(CC(=O)O)c2ccc(-c3cccnc3)cc12.S.S=S.S=S=S.S=S=S=S. The topological polar surface area (TPSA) is 468 Å². The van der Waals surface area contributed by atoms with Crippen LogP contribution in [0.15, 0.2) is 237 Å². The number of anilines is 2. The number of carboxylic acid groups (broad SMARTS) is 1. The molecule has 2 aliphatic carbocycles. The number of esters is 2. The molecule has 13 heterocycles. The molecule has 3 saturated heterocycles. The van der Waals surface area contributed by atoms with E-state index in [-0.39, 0.29) is 99.7 Å². The maximum absolute atomic E-state index is 13.7. The number of fused-ring (bicyclic) bond motifs is 8. The van der Waals surface area contributed by atoms with Crippen molar-refractivity contribution in [2.24, 2.45) is 34.8 Å². The predicted molar refractivity (Wildman–Crippen MR) is 617 cm³/mol. The first-order chi connectivity index (χ1) is 70.3. The summed E-state index contributed by atoms with van der Waals surface area (Å²) >= 11 is 27.5. The number of halogens is 2. The van der Waals surface area contributed by atoms with E-state index in [1.54, 1.807) is 98.9 Å². The highest BCUT2D eigenvalue weighted by Crippen LogP contribution is 2.44. The second kappa shape index (κ2) is 55.1. The minimum Gasteiger partial charge on any atom is -0.480 e. The third-order valence-corrected chi connectivity index (χ3v) is 27.6. The lowest BCUT2D eigenvalue weighted by Gasteiger charge is -2.34. The number of likely N-dealkylation sites (tertiary alicyclic amines) is 1. The molecule has 7 amide bonds. The van der Waals surface area contributed by atoms with Crippen LogP contribution in [0.3, 0.4) is 0 Å². The largest absolute Gasteiger partial charge is 0.494 e. The van der Waals surface area contributed by atoms with E-state index in [9.17, 15) is 47.9 Å². The van der Waals surface area contributed by atoms with Crippen molar-refractivity contribution in [2.75, 3.05) is 10.6 Å². The van der Waals surface area contributed by atoms with Crippen molar-refractivity contribution in [3.63, 3.8) is 0 Å². The molecule has 5 fully saturated rings. The number of carbonyl (C=O) groups is 10. The van der Waals surface area contributed by atoms with Crippen LogP contribution in [0.25, 0.3) is 77.0 Å². The van der Waals surface area contributed by atoms with Crippen LogP contribution >= 0.6 is 41.8 Å². The fourth-order valence-corrected chi connectivity index (χ4v) is 18.3. The van der Waals surface area contributed by atoms with Crippen LogP contribution in [0.1, 0.15) is 161 Å². The number of carbonyl (C=O) groups excluding carboxylic acids is 9. The quantitative estimate of drug-likeness (QED) is 0.0259. The fraction of sp³-hybridized carbons (Fsp3) is 0.308. The molecule has 0 spiro atoms. The molecule has 788 valence electrons. The zero-order valence-electron chi connectivity index (χ0n) is 83.9. The van der Waals surface area contributed by atoms with Crippen LogP contribution in [0.2, 0.25) is 0 Å². The number of nitrogens with zero attached hydrogens (tertiary/aromatic N) is 11. The van der Waals surface area contributed by atoms with Gasteiger partial charge in [-0.05, 0) is 269 Å². The molecule has 12 N–H and O–H groups in total. The molecule has 3 aliphatic heterocycles. The van der Waals surface area contributed by atoms with Crippen LogP contribution in [0.4, 0.5) is 11.6 Å². The zero-order chi connectivity index (χ0) is 108. The Morgan fingerprint density at radius 1 is 0.487 bits per heavy atom. The third-order valence-electron chi connectivity index (χ3n) is 24.9. The van der Waals surface area contributed by atoms with Crippen LogP contribution in [-0.2, 0) is 167 Å². The second-order valence-corrected chi connectivity index (χ2v) is 44.3. The van der Waals surface area contributed by atoms with Crippen molar-refractivity contribution in [3.05, 3.63) is 270 Å². The number of primary amides is 4. The van der Waals surface area contributed by atoms with Gasteiger partial charge < -0.3 is 85.9 Å². The highest BCUT2D eigenvalue weighted by molar-refractivity contribution is 9.10. The van der Waals surface area contributed by atoms with Gasteiger partial charge in [0.15, 0.2) is 0 Å². The number of pyridine rings is 6. The molecular formula is C104H115BBrClN18O15S10. The Morgan fingerprint density at radius 3 is 1.19 bits per heavy atom. The third kappa shape index (κ3) is 32.4. The van der Waals surface area contributed by atoms with Gasteiger partial charge in [0.05, 0.1) is 39.5 Å². The summed E-state index contributed by atoms with van der Waals surface area (Å²) in [4.78, 5) is 149. The number of rotatable bonds is 20. The van der Waals surface area contributed by atoms with Crippen LogP contribution in [0, 0.1) is 25.7 Å². The van der Waals surface area contributed by atoms with E-state index in [2.05, 4.69) is 129 Å². The average molecular weight is 2300 g/mol. The Morgan fingerprint density at radius 2 is 0.860 bits per heavy atom. The Hall–Kier alpha value is -12.3. The normalized spacial score (nSPS) is 16.3. The number of aliphatic carboxylic acids is 1. The van der Waals surface area contributed by atoms with Gasteiger partial charge in [0, 0.05) is 256 Å². The number of piperidine rings is 2. The zero-order valence-corrected chi connectivity index (χ0v) is 94.7. The molecule has 6 atom stereocenters. The minimum atomic E-state index is -0.982. The van der Waals surface area contributed by atoms with E-state index in [4.69, 9.17) is 46.8 Å². The van der Waals surface area contributed by atoms with Gasteiger partial charge >= 0.3 is 25.0 Å². The summed E-state index contributed by atoms with van der Waals surface area (Å²) in [5.74, 6) is -2.52. The van der Waals surface area contributed by atoms with Crippen molar-refractivity contribution in [1.82, 2.24) is 58.4 Å². The number of benzene rings is 4. The van der Waals surface area contributed by atoms with Crippen LogP contribution < -0.4 is 44.3 Å². The smallest absolute Gasteiger partial charge is 0.480 e. The number of amides is 7. The molecule has 4 unspecified atom stereocenters. The summed E-state index contributed by atoms with van der Waals surface area (Å²) in [5, 5.41) is 20.8. The number of hydrogen-bond acceptors (Lipinski definition) is 27. The first kappa shape index (κ1) is 121. The Kier molecular flexibility index (Phi) is 44.5. The van der Waals surface area contributed by atoms with E-state index in [1.165, 1.54) is 41.4 Å². The van der Waals surface area contributed by atoms with E-state index in [0.717, 1.165) is 100 Å². The summed E-state index contributed by atoms with van der Waals surface area (Å²) in [6, 6.07) is 48.7. The van der Waals surface area contributed by atoms with Crippen molar-refractivity contribution in [3.8, 4) is 33.4 Å². The number of ether oxygens (including phenoxy) is 2. The lowest BCUT2D eigenvalue weighted by atomic mass is 9.78. The highest BCUT2D eigenvalue weighted by atomic mass is 79.9. The van der Waals surface area contributed by atoms with Crippen LogP contribution in [-0.4, -0.2) is 171 Å². The standard InChI is InChI=1S/C29H28N6O3.C21H29BN2O5.C20H21N3O3.C16H13N3O3.C13H17N3O.C5H4BrN.ClH.S4.S3.S2.H2S/c1-17-4-2-6-25(32-17)33-29(38)27-19-7-9-21(12-19)35(27)26(36)16-34-15-23(28(30)37)22-13-18(8-10-24(22)34)20-5-3-11-31-14-20;1-19(2,3)27-17(25)12-24-11-15(18(23)26)14-10-13(8-9-16(14)24)22-28-20(4,5)21(6,7)29-22;1-20(2,3)26-18(24)12-23-11-16(19(21)25)15-9-13(6-7-17(15)23)14-5-4-8-22-10-14;17-16(22)13-8-19(9-15(20)21)14-4-3-10(6-12(13)14)11-2-1-5-18-7-11;1-8-3-2-4-11(14-8)16-13(17)12-9-5-6-10(7-9)15-12;6-5-2-1-3-7-4-5;;1-3-4-2;1-3-2;1-2;/h2-6,8,10-11,13-15,19,21,27H,7,9,12,16H2,1H3,(H2,30,37)(H,32,33,38);8-11H,12H2,1-7H3,(H2,23,26);4-11H,12H2,1-3H3,(H2,21,25);1-8H,9H2,(H2,17,22)(H,20,21);2-4,9-10,12,15H,5-7H2,1H3,(H,14,16,17);1-4H;1H;;;;1H2/t19?,21?,27-;;;;9?,10?,12-;;;;;;/m0...0....../s1. The number of nitrogens with one attached hydrogen (secondary N) is 3. The van der Waals surface area contributed by atoms with Gasteiger partial charge in [-0.3, -0.25) is 67.9 Å². The molecule has 2 saturated carbocycles. The lowest BCUT2D eigenvalue weighted by Crippen LogP contribution is -2.51. The van der Waals surface area contributed by atoms with E-state index in [0.29, 0.717) is 78.4 Å². The average Bonchev–Trinajstić information content (AvgIpc) is 1.60. The first-order valence-electron chi connectivity index (χ1n) is 46.6. The van der Waals surface area contributed by atoms with Crippen molar-refractivity contribution >= 4 is 263 Å². The lowest BCUT2D eigenvalue weighted by molar-refractivity contribution is -0.156. The summed E-state index contributed by atoms with van der Waals surface area (Å²) in [5.41, 5.74) is 32.3. The molecule has 14 aromatic rings. The van der Waals surface area contributed by atoms with E-state index >= 15 is 0 Å². The van der Waals surface area contributed by atoms with Crippen molar-refractivity contribution in [2.45, 2.75) is 194 Å². The molecular weight excluding hydrogens is 2190 g/mol. The van der Waals surface area contributed by atoms with E-state index in [1.807, 2.05) is 229 Å². The maximum Gasteiger partial charge on any atom is 0.494 e. The molecule has 5 aliphatic rings. The maximum atomic E-state index is 13.7. The van der Waals surface area contributed by atoms with Gasteiger partial charge in [0.25, 0.3) is 23.6 Å². The van der Waals surface area contributed by atoms with Crippen molar-refractivity contribution in [1.29, 1.82) is 0 Å². The Balaban J connectivity index is 0.000000203. The summed E-state index contributed by atoms with van der Waals surface area (Å²) in [7, 11) is 2.70. The van der Waals surface area contributed by atoms with Crippen LogP contribution in [0.5, 0.6) is 0 Å². The molecule has 4 bridgehead atoms. The molecule has 4 aromatic carbocycles. The number of aryl methyl sites for hydroxylation is 2. The first-order valence-corrected chi connectivity index (χ1v) is 55.4. The Bertz CT molecular complexity index is 7330. The monoisotopic (exact) mass is 2300 g/mol. The number of nitrogens with two attached hydrogens (primary N) is 4. The van der Waals surface area contributed by atoms with E-state index < -0.39 is 65.2 Å². The Labute approximate surface area is 928 Å². The number of aromatic nitrogens is 10. The predicted octanol–water partition coefficient (Wildman–Crippen LogP) is 14.8. The summed E-state index contributed by atoms with van der Waals surface area (Å²) in [6.45, 7) is 22.4. The minimum absolute atomic E-state index is 0. The summed E-state index contributed by atoms with van der Waals surface area (Å²) < 4.78 is 30.6. The van der Waals surface area contributed by atoms with Gasteiger partial charge in [-0.2, -0.15) is 13.5 Å². The van der Waals surface area contributed by atoms with Gasteiger partial charge in [-0.1, -0.05) is 60.7 Å². The fourth-order valence-electron chi connectivity index (χ4n) is 18.0. The highest BCUT2D eigenvalue weighted by Gasteiger charge is 2.53. The van der Waals surface area contributed by atoms with Crippen molar-refractivity contribution < 1.29 is 71.8 Å². The number of hydrogen-bond donors (Lipinski definition) is 8. The molecule has 46 heteroatoms.